The molecule has 2 rings (SSSR count). The van der Waals surface area contributed by atoms with Gasteiger partial charge < -0.3 is 9.84 Å². The third-order valence-electron chi connectivity index (χ3n) is 1.82. The van der Waals surface area contributed by atoms with Gasteiger partial charge in [0.05, 0.1) is 18.9 Å². The van der Waals surface area contributed by atoms with Gasteiger partial charge in [-0.25, -0.2) is 9.97 Å². The molecule has 0 aliphatic rings. The second-order valence-electron chi connectivity index (χ2n) is 3.14. The molecule has 8 heteroatoms. The quantitative estimate of drug-likeness (QED) is 0.868. The van der Waals surface area contributed by atoms with E-state index in [-0.39, 0.29) is 23.3 Å². The molecular formula is C9H8ClN5O2. The molecule has 17 heavy (non-hydrogen) atoms. The molecular weight excluding hydrogens is 246 g/mol. The predicted molar refractivity (Wildman–Crippen MR) is 57.2 cm³/mol. The number of nitrogens with one attached hydrogen (secondary N) is 1. The summed E-state index contributed by atoms with van der Waals surface area (Å²) in [4.78, 5) is 23.1. The molecule has 7 nitrogen and oxygen atoms in total. The molecule has 0 saturated carbocycles. The summed E-state index contributed by atoms with van der Waals surface area (Å²) >= 11 is 5.55. The van der Waals surface area contributed by atoms with Crippen molar-refractivity contribution in [3.05, 3.63) is 35.0 Å². The van der Waals surface area contributed by atoms with Crippen LogP contribution in [-0.2, 0) is 6.54 Å². The van der Waals surface area contributed by atoms with Crippen molar-refractivity contribution >= 4 is 17.5 Å². The number of aromatic nitrogens is 4. The summed E-state index contributed by atoms with van der Waals surface area (Å²) in [5.41, 5.74) is 0.172. The van der Waals surface area contributed by atoms with E-state index in [0.29, 0.717) is 11.7 Å². The normalized spacial score (nSPS) is 10.2. The number of rotatable bonds is 3. The number of hydrogen-bond donors (Lipinski definition) is 1. The van der Waals surface area contributed by atoms with Crippen LogP contribution in [0.3, 0.4) is 0 Å². The highest BCUT2D eigenvalue weighted by molar-refractivity contribution is 6.29. The molecule has 0 spiro atoms. The minimum Gasteiger partial charge on any atom is -0.342 e. The molecule has 0 radical (unpaired) electrons. The van der Waals surface area contributed by atoms with Gasteiger partial charge in [0.15, 0.2) is 5.82 Å². The molecule has 0 saturated heterocycles. The van der Waals surface area contributed by atoms with Crippen molar-refractivity contribution in [1.82, 2.24) is 25.4 Å². The van der Waals surface area contributed by atoms with E-state index in [1.54, 1.807) is 6.92 Å². The van der Waals surface area contributed by atoms with Crippen LogP contribution in [0.1, 0.15) is 22.2 Å². The third-order valence-corrected chi connectivity index (χ3v) is 2.02. The highest BCUT2D eigenvalue weighted by atomic mass is 35.5. The standard InChI is InChI=1S/C9H8ClN5O2/c1-5-14-8(17-15-5)4-13-9(16)6-2-12-7(10)3-11-6/h2-3H,4H2,1H3,(H,13,16). The van der Waals surface area contributed by atoms with E-state index in [0.717, 1.165) is 0 Å². The number of carbonyl (C=O) groups is 1. The second-order valence-corrected chi connectivity index (χ2v) is 3.53. The fraction of sp³-hybridized carbons (Fsp3) is 0.222. The maximum Gasteiger partial charge on any atom is 0.271 e. The van der Waals surface area contributed by atoms with Crippen molar-refractivity contribution in [3.8, 4) is 0 Å². The minimum absolute atomic E-state index is 0.143. The molecule has 2 aromatic heterocycles. The lowest BCUT2D eigenvalue weighted by atomic mass is 10.4. The average Bonchev–Trinajstić information content (AvgIpc) is 2.73. The zero-order valence-electron chi connectivity index (χ0n) is 8.85. The van der Waals surface area contributed by atoms with Gasteiger partial charge in [0.1, 0.15) is 10.8 Å². The third kappa shape index (κ3) is 2.97. The van der Waals surface area contributed by atoms with E-state index in [1.807, 2.05) is 0 Å². The number of carbonyl (C=O) groups excluding carboxylic acids is 1. The first-order valence-electron chi connectivity index (χ1n) is 4.70. The zero-order valence-corrected chi connectivity index (χ0v) is 9.60. The lowest BCUT2D eigenvalue weighted by molar-refractivity contribution is 0.0941. The molecule has 0 bridgehead atoms. The van der Waals surface area contributed by atoms with Crippen LogP contribution in [0.5, 0.6) is 0 Å². The highest BCUT2D eigenvalue weighted by Crippen LogP contribution is 2.01. The van der Waals surface area contributed by atoms with Crippen LogP contribution in [0, 0.1) is 6.92 Å². The molecule has 1 N–H and O–H groups in total. The fourth-order valence-electron chi connectivity index (χ4n) is 1.09. The van der Waals surface area contributed by atoms with Crippen LogP contribution in [0.4, 0.5) is 0 Å². The zero-order chi connectivity index (χ0) is 12.3. The van der Waals surface area contributed by atoms with E-state index in [9.17, 15) is 4.79 Å². The lowest BCUT2D eigenvalue weighted by Gasteiger charge is -2.00. The van der Waals surface area contributed by atoms with Gasteiger partial charge in [-0.15, -0.1) is 0 Å². The Morgan fingerprint density at radius 3 is 2.88 bits per heavy atom. The number of nitrogens with zero attached hydrogens (tertiary/aromatic N) is 4. The van der Waals surface area contributed by atoms with Crippen molar-refractivity contribution in [2.45, 2.75) is 13.5 Å². The van der Waals surface area contributed by atoms with Gasteiger partial charge in [0, 0.05) is 0 Å². The number of halogens is 1. The second kappa shape index (κ2) is 4.88. The molecule has 1 amide bonds. The number of hydrogen-bond acceptors (Lipinski definition) is 6. The van der Waals surface area contributed by atoms with E-state index in [4.69, 9.17) is 16.1 Å². The first-order chi connectivity index (χ1) is 8.15. The van der Waals surface area contributed by atoms with Crippen LogP contribution >= 0.6 is 11.6 Å². The average molecular weight is 254 g/mol. The lowest BCUT2D eigenvalue weighted by Crippen LogP contribution is -2.24. The Morgan fingerprint density at radius 2 is 2.29 bits per heavy atom. The Bertz CT molecular complexity index is 524. The summed E-state index contributed by atoms with van der Waals surface area (Å²) in [5.74, 6) is 0.461. The summed E-state index contributed by atoms with van der Waals surface area (Å²) in [6.45, 7) is 1.84. The van der Waals surface area contributed by atoms with Crippen molar-refractivity contribution in [2.24, 2.45) is 0 Å². The van der Waals surface area contributed by atoms with Crippen LogP contribution < -0.4 is 5.32 Å². The molecule has 0 atom stereocenters. The Hall–Kier alpha value is -2.02. The maximum absolute atomic E-state index is 11.6. The molecule has 0 aliphatic carbocycles. The van der Waals surface area contributed by atoms with Crippen LogP contribution in [0.15, 0.2) is 16.9 Å². The van der Waals surface area contributed by atoms with Crippen LogP contribution in [0.2, 0.25) is 5.15 Å². The van der Waals surface area contributed by atoms with E-state index < -0.39 is 0 Å². The Kier molecular flexibility index (Phi) is 3.29. The smallest absolute Gasteiger partial charge is 0.271 e. The van der Waals surface area contributed by atoms with Gasteiger partial charge in [0.2, 0.25) is 5.89 Å². The first kappa shape index (κ1) is 11.5. The summed E-state index contributed by atoms with van der Waals surface area (Å²) in [7, 11) is 0. The van der Waals surface area contributed by atoms with Crippen molar-refractivity contribution in [2.75, 3.05) is 0 Å². The van der Waals surface area contributed by atoms with Gasteiger partial charge in [-0.2, -0.15) is 4.98 Å². The monoisotopic (exact) mass is 253 g/mol. The van der Waals surface area contributed by atoms with E-state index in [2.05, 4.69) is 25.4 Å². The van der Waals surface area contributed by atoms with Gasteiger partial charge in [-0.05, 0) is 6.92 Å². The molecule has 2 aromatic rings. The summed E-state index contributed by atoms with van der Waals surface area (Å²) in [6, 6.07) is 0. The van der Waals surface area contributed by atoms with Gasteiger partial charge in [-0.3, -0.25) is 4.79 Å². The summed E-state index contributed by atoms with van der Waals surface area (Å²) in [6.07, 6.45) is 2.59. The largest absolute Gasteiger partial charge is 0.342 e. The molecule has 0 aliphatic heterocycles. The molecule has 88 valence electrons. The van der Waals surface area contributed by atoms with Gasteiger partial charge in [0.25, 0.3) is 5.91 Å². The Balaban J connectivity index is 1.95. The van der Waals surface area contributed by atoms with Gasteiger partial charge >= 0.3 is 0 Å². The minimum atomic E-state index is -0.384. The predicted octanol–water partition coefficient (Wildman–Crippen LogP) is 0.751. The molecule has 2 heterocycles. The van der Waals surface area contributed by atoms with E-state index >= 15 is 0 Å². The van der Waals surface area contributed by atoms with Crippen molar-refractivity contribution in [1.29, 1.82) is 0 Å². The van der Waals surface area contributed by atoms with Crippen molar-refractivity contribution < 1.29 is 9.32 Å². The summed E-state index contributed by atoms with van der Waals surface area (Å²) in [5, 5.41) is 6.39. The fourth-order valence-corrected chi connectivity index (χ4v) is 1.19. The van der Waals surface area contributed by atoms with Gasteiger partial charge in [-0.1, -0.05) is 16.8 Å². The Labute approximate surface area is 101 Å². The summed E-state index contributed by atoms with van der Waals surface area (Å²) < 4.78 is 4.84. The molecule has 0 unspecified atom stereocenters. The molecule has 0 aromatic carbocycles. The van der Waals surface area contributed by atoms with Crippen molar-refractivity contribution in [3.63, 3.8) is 0 Å². The SMILES string of the molecule is Cc1noc(CNC(=O)c2cnc(Cl)cn2)n1. The maximum atomic E-state index is 11.6. The van der Waals surface area contributed by atoms with Crippen LogP contribution in [-0.4, -0.2) is 26.0 Å². The highest BCUT2D eigenvalue weighted by Gasteiger charge is 2.09. The molecule has 0 fully saturated rings. The Morgan fingerprint density at radius 1 is 1.47 bits per heavy atom. The number of amides is 1. The topological polar surface area (TPSA) is 93.8 Å². The number of aryl methyl sites for hydroxylation is 1. The first-order valence-corrected chi connectivity index (χ1v) is 5.08. The van der Waals surface area contributed by atoms with Crippen LogP contribution in [0.25, 0.3) is 0 Å². The van der Waals surface area contributed by atoms with E-state index in [1.165, 1.54) is 12.4 Å².